The van der Waals surface area contributed by atoms with Gasteiger partial charge in [0, 0.05) is 13.5 Å². The van der Waals surface area contributed by atoms with E-state index in [2.05, 4.69) is 5.32 Å². The van der Waals surface area contributed by atoms with Gasteiger partial charge in [0.1, 0.15) is 5.82 Å². The van der Waals surface area contributed by atoms with Gasteiger partial charge in [-0.2, -0.15) is 0 Å². The van der Waals surface area contributed by atoms with Gasteiger partial charge < -0.3 is 10.4 Å². The molecule has 2 N–H and O–H groups in total. The summed E-state index contributed by atoms with van der Waals surface area (Å²) in [5, 5.41) is 12.1. The number of unbranched alkanes of at least 4 members (excludes halogenated alkanes) is 3. The normalized spacial score (nSPS) is 16.6. The number of benzene rings is 2. The van der Waals surface area contributed by atoms with Crippen LogP contribution in [0, 0.1) is 9.39 Å². The van der Waals surface area contributed by atoms with Crippen LogP contribution in [0.5, 0.6) is 0 Å². The van der Waals surface area contributed by atoms with Crippen molar-refractivity contribution >= 4 is 56.7 Å². The lowest BCUT2D eigenvalue weighted by molar-refractivity contribution is -0.137. The number of rotatable bonds is 8. The Balaban J connectivity index is 0.00000341. The summed E-state index contributed by atoms with van der Waals surface area (Å²) >= 11 is 1.81. The van der Waals surface area contributed by atoms with Crippen LogP contribution in [-0.4, -0.2) is 33.1 Å². The highest BCUT2D eigenvalue weighted by molar-refractivity contribution is 14.1. The molecule has 10 heteroatoms. The van der Waals surface area contributed by atoms with Crippen LogP contribution in [0.1, 0.15) is 49.3 Å². The van der Waals surface area contributed by atoms with Crippen LogP contribution in [0.3, 0.4) is 0 Å². The van der Waals surface area contributed by atoms with Crippen molar-refractivity contribution < 1.29 is 22.7 Å². The SMILES string of the molecule is CN1c2ccccc2C(NCCCCCCC(=O)O)c2cc(F)c(I)cc2S1(=O)=O.Cl. The van der Waals surface area contributed by atoms with Crippen molar-refractivity contribution in [1.82, 2.24) is 5.32 Å². The van der Waals surface area contributed by atoms with Crippen LogP contribution >= 0.6 is 35.0 Å². The average molecular weight is 583 g/mol. The number of nitrogens with zero attached hydrogens (tertiary/aromatic N) is 1. The van der Waals surface area contributed by atoms with Crippen molar-refractivity contribution in [2.75, 3.05) is 17.9 Å². The van der Waals surface area contributed by atoms with Gasteiger partial charge >= 0.3 is 5.97 Å². The van der Waals surface area contributed by atoms with Crippen LogP contribution in [0.4, 0.5) is 10.1 Å². The summed E-state index contributed by atoms with van der Waals surface area (Å²) in [7, 11) is -2.31. The monoisotopic (exact) mass is 582 g/mol. The van der Waals surface area contributed by atoms with Gasteiger partial charge in [0.05, 0.1) is 20.2 Å². The summed E-state index contributed by atoms with van der Waals surface area (Å²) < 4.78 is 42.4. The summed E-state index contributed by atoms with van der Waals surface area (Å²) in [5.74, 6) is -1.24. The zero-order chi connectivity index (χ0) is 21.9. The lowest BCUT2D eigenvalue weighted by atomic mass is 9.96. The summed E-state index contributed by atoms with van der Waals surface area (Å²) in [6, 6.07) is 9.47. The molecule has 0 saturated carbocycles. The number of anilines is 1. The van der Waals surface area contributed by atoms with Crippen LogP contribution in [0.2, 0.25) is 0 Å². The summed E-state index contributed by atoms with van der Waals surface area (Å²) in [5.41, 5.74) is 1.73. The Morgan fingerprint density at radius 1 is 1.16 bits per heavy atom. The molecule has 0 aliphatic carbocycles. The van der Waals surface area contributed by atoms with E-state index in [1.165, 1.54) is 23.5 Å². The van der Waals surface area contributed by atoms with Crippen molar-refractivity contribution in [3.05, 3.63) is 56.9 Å². The molecular formula is C21H25ClFIN2O4S. The molecule has 0 amide bonds. The zero-order valence-electron chi connectivity index (χ0n) is 17.0. The standard InChI is InChI=1S/C21H24FIN2O4S.ClH/c1-25-18-9-6-5-8-14(18)21(24-11-7-3-2-4-10-20(26)27)15-12-16(22)17(23)13-19(15)30(25,28)29;/h5-6,8-9,12-13,21,24H,2-4,7,10-11H2,1H3,(H,26,27);1H. The number of hydrogen-bond acceptors (Lipinski definition) is 4. The molecule has 0 spiro atoms. The Kier molecular flexibility index (Phi) is 9.11. The Morgan fingerprint density at radius 2 is 1.84 bits per heavy atom. The molecule has 1 heterocycles. The summed E-state index contributed by atoms with van der Waals surface area (Å²) in [6.07, 6.45) is 3.29. The molecule has 1 aliphatic heterocycles. The predicted octanol–water partition coefficient (Wildman–Crippen LogP) is 4.70. The number of halogens is 3. The van der Waals surface area contributed by atoms with Gasteiger partial charge in [0.25, 0.3) is 10.0 Å². The van der Waals surface area contributed by atoms with E-state index in [9.17, 15) is 17.6 Å². The number of carboxylic acids is 1. The van der Waals surface area contributed by atoms with Crippen LogP contribution in [0.25, 0.3) is 0 Å². The largest absolute Gasteiger partial charge is 0.481 e. The zero-order valence-corrected chi connectivity index (χ0v) is 20.8. The number of nitrogens with one attached hydrogen (secondary N) is 1. The third kappa shape index (κ3) is 5.68. The predicted molar refractivity (Wildman–Crippen MR) is 129 cm³/mol. The maximum absolute atomic E-state index is 14.4. The number of fused-ring (bicyclic) bond motifs is 2. The van der Waals surface area contributed by atoms with Gasteiger partial charge in [-0.3, -0.25) is 9.10 Å². The van der Waals surface area contributed by atoms with Crippen LogP contribution < -0.4 is 9.62 Å². The number of hydrogen-bond donors (Lipinski definition) is 2. The van der Waals surface area contributed by atoms with Crippen molar-refractivity contribution in [1.29, 1.82) is 0 Å². The molecule has 0 radical (unpaired) electrons. The summed E-state index contributed by atoms with van der Waals surface area (Å²) in [4.78, 5) is 10.7. The minimum absolute atomic E-state index is 0. The van der Waals surface area contributed by atoms with E-state index in [0.717, 1.165) is 24.8 Å². The highest BCUT2D eigenvalue weighted by atomic mass is 127. The lowest BCUT2D eigenvalue weighted by Gasteiger charge is -2.22. The maximum Gasteiger partial charge on any atom is 0.303 e. The second kappa shape index (κ2) is 10.9. The molecule has 0 fully saturated rings. The number of carboxylic acid groups (broad SMARTS) is 1. The first-order valence-corrected chi connectivity index (χ1v) is 12.3. The quantitative estimate of drug-likeness (QED) is 0.348. The fourth-order valence-electron chi connectivity index (χ4n) is 3.68. The van der Waals surface area contributed by atoms with Crippen molar-refractivity contribution in [2.24, 2.45) is 0 Å². The Hall–Kier alpha value is -1.43. The molecule has 6 nitrogen and oxygen atoms in total. The Labute approximate surface area is 201 Å². The fraction of sp³-hybridized carbons (Fsp3) is 0.381. The molecule has 170 valence electrons. The van der Waals surface area contributed by atoms with Crippen LogP contribution in [-0.2, 0) is 14.8 Å². The summed E-state index contributed by atoms with van der Waals surface area (Å²) in [6.45, 7) is 0.600. The molecule has 0 aromatic heterocycles. The minimum Gasteiger partial charge on any atom is -0.481 e. The molecule has 1 atom stereocenters. The van der Waals surface area contributed by atoms with Gasteiger partial charge in [0.2, 0.25) is 0 Å². The minimum atomic E-state index is -3.83. The highest BCUT2D eigenvalue weighted by Gasteiger charge is 2.35. The first kappa shape index (κ1) is 25.8. The van der Waals surface area contributed by atoms with Gasteiger partial charge in [-0.15, -0.1) is 12.4 Å². The molecule has 31 heavy (non-hydrogen) atoms. The second-order valence-electron chi connectivity index (χ2n) is 7.28. The average Bonchev–Trinajstić information content (AvgIpc) is 2.76. The third-order valence-corrected chi connectivity index (χ3v) is 7.91. The first-order chi connectivity index (χ1) is 14.2. The molecule has 3 rings (SSSR count). The fourth-order valence-corrected chi connectivity index (χ4v) is 5.82. The van der Waals surface area contributed by atoms with Crippen molar-refractivity contribution in [3.63, 3.8) is 0 Å². The van der Waals surface area contributed by atoms with E-state index < -0.39 is 27.9 Å². The van der Waals surface area contributed by atoms with Crippen molar-refractivity contribution in [3.8, 4) is 0 Å². The Bertz CT molecular complexity index is 1050. The number of aliphatic carboxylic acids is 1. The molecule has 2 aromatic rings. The highest BCUT2D eigenvalue weighted by Crippen LogP contribution is 2.41. The molecule has 0 saturated heterocycles. The van der Waals surface area contributed by atoms with E-state index in [4.69, 9.17) is 5.11 Å². The van der Waals surface area contributed by atoms with E-state index in [0.29, 0.717) is 24.2 Å². The number of para-hydroxylation sites is 1. The van der Waals surface area contributed by atoms with Crippen molar-refractivity contribution in [2.45, 2.75) is 43.0 Å². The van der Waals surface area contributed by atoms with E-state index in [1.54, 1.807) is 34.7 Å². The molecular weight excluding hydrogens is 558 g/mol. The molecule has 1 unspecified atom stereocenters. The van der Waals surface area contributed by atoms with Gasteiger partial charge in [-0.1, -0.05) is 31.0 Å². The van der Waals surface area contributed by atoms with Gasteiger partial charge in [-0.05, 0) is 71.3 Å². The third-order valence-electron chi connectivity index (χ3n) is 5.26. The van der Waals surface area contributed by atoms with Gasteiger partial charge in [0.15, 0.2) is 0 Å². The smallest absolute Gasteiger partial charge is 0.303 e. The molecule has 1 aliphatic rings. The topological polar surface area (TPSA) is 86.7 Å². The number of carbonyl (C=O) groups is 1. The first-order valence-electron chi connectivity index (χ1n) is 9.75. The lowest BCUT2D eigenvalue weighted by Crippen LogP contribution is -2.26. The molecule has 2 aromatic carbocycles. The van der Waals surface area contributed by atoms with E-state index in [-0.39, 0.29) is 27.3 Å². The van der Waals surface area contributed by atoms with Gasteiger partial charge in [-0.25, -0.2) is 12.8 Å². The van der Waals surface area contributed by atoms with E-state index in [1.807, 2.05) is 12.1 Å². The number of sulfonamides is 1. The van der Waals surface area contributed by atoms with E-state index >= 15 is 0 Å². The van der Waals surface area contributed by atoms with Crippen LogP contribution in [0.15, 0.2) is 41.3 Å². The maximum atomic E-state index is 14.4. The molecule has 0 bridgehead atoms. The Morgan fingerprint density at radius 3 is 2.55 bits per heavy atom. The second-order valence-corrected chi connectivity index (χ2v) is 10.4.